The van der Waals surface area contributed by atoms with E-state index in [1.165, 1.54) is 12.8 Å². The second kappa shape index (κ2) is 8.16. The maximum absolute atomic E-state index is 12.2. The minimum absolute atomic E-state index is 0.238. The number of nitrogens with one attached hydrogen (secondary N) is 1. The Hall–Kier alpha value is -2.34. The molecule has 1 aliphatic rings. The zero-order valence-corrected chi connectivity index (χ0v) is 15.6. The smallest absolute Gasteiger partial charge is 0.271 e. The molecule has 1 fully saturated rings. The highest BCUT2D eigenvalue weighted by molar-refractivity contribution is 9.10. The first-order chi connectivity index (χ1) is 12.2. The average molecular weight is 402 g/mol. The summed E-state index contributed by atoms with van der Waals surface area (Å²) in [7, 11) is 1.60. The molecule has 1 amide bonds. The molecule has 0 unspecified atom stereocenters. The molecule has 0 spiro atoms. The molecule has 1 heterocycles. The van der Waals surface area contributed by atoms with Crippen molar-refractivity contribution in [3.63, 3.8) is 0 Å². The summed E-state index contributed by atoms with van der Waals surface area (Å²) in [6.07, 6.45) is 4.03. The number of ether oxygens (including phenoxy) is 1. The topological polar surface area (TPSA) is 53.9 Å². The fourth-order valence-electron chi connectivity index (χ4n) is 2.83. The van der Waals surface area contributed by atoms with Crippen molar-refractivity contribution < 1.29 is 9.53 Å². The number of halogens is 1. The largest absolute Gasteiger partial charge is 0.496 e. The number of hydrazone groups is 1. The van der Waals surface area contributed by atoms with Crippen LogP contribution in [0.1, 0.15) is 28.8 Å². The lowest BCUT2D eigenvalue weighted by Gasteiger charge is -2.17. The minimum atomic E-state index is -0.238. The van der Waals surface area contributed by atoms with Crippen molar-refractivity contribution in [2.45, 2.75) is 12.8 Å². The van der Waals surface area contributed by atoms with Gasteiger partial charge in [-0.3, -0.25) is 4.79 Å². The quantitative estimate of drug-likeness (QED) is 0.611. The minimum Gasteiger partial charge on any atom is -0.496 e. The van der Waals surface area contributed by atoms with Crippen LogP contribution >= 0.6 is 15.9 Å². The lowest BCUT2D eigenvalue weighted by Crippen LogP contribution is -2.19. The van der Waals surface area contributed by atoms with E-state index in [0.717, 1.165) is 28.8 Å². The van der Waals surface area contributed by atoms with Gasteiger partial charge in [-0.15, -0.1) is 0 Å². The van der Waals surface area contributed by atoms with Gasteiger partial charge in [-0.2, -0.15) is 5.10 Å². The maximum atomic E-state index is 12.2. The molecule has 1 aliphatic heterocycles. The summed E-state index contributed by atoms with van der Waals surface area (Å²) in [4.78, 5) is 14.5. The van der Waals surface area contributed by atoms with Gasteiger partial charge >= 0.3 is 0 Å². The van der Waals surface area contributed by atoms with Crippen LogP contribution in [0.5, 0.6) is 5.75 Å². The van der Waals surface area contributed by atoms with E-state index in [9.17, 15) is 4.79 Å². The zero-order chi connectivity index (χ0) is 17.6. The van der Waals surface area contributed by atoms with Crippen LogP contribution in [0.4, 0.5) is 5.69 Å². The van der Waals surface area contributed by atoms with Gasteiger partial charge in [0.2, 0.25) is 0 Å². The summed E-state index contributed by atoms with van der Waals surface area (Å²) in [5, 5.41) is 4.03. The molecule has 0 aromatic heterocycles. The highest BCUT2D eigenvalue weighted by Gasteiger charge is 2.12. The van der Waals surface area contributed by atoms with Gasteiger partial charge in [0.15, 0.2) is 0 Å². The van der Waals surface area contributed by atoms with Gasteiger partial charge in [0.25, 0.3) is 5.91 Å². The number of benzene rings is 2. The second-order valence-electron chi connectivity index (χ2n) is 5.83. The molecule has 0 aliphatic carbocycles. The summed E-state index contributed by atoms with van der Waals surface area (Å²) in [5.41, 5.74) is 5.08. The number of methoxy groups -OCH3 is 1. The van der Waals surface area contributed by atoms with Gasteiger partial charge in [0.05, 0.1) is 13.3 Å². The van der Waals surface area contributed by atoms with Crippen molar-refractivity contribution >= 4 is 33.7 Å². The number of hydrogen-bond donors (Lipinski definition) is 1. The molecule has 5 nitrogen and oxygen atoms in total. The van der Waals surface area contributed by atoms with Gasteiger partial charge < -0.3 is 9.64 Å². The van der Waals surface area contributed by atoms with E-state index in [4.69, 9.17) is 4.74 Å². The van der Waals surface area contributed by atoms with Crippen LogP contribution in [0.2, 0.25) is 0 Å². The molecular formula is C19H20BrN3O2. The van der Waals surface area contributed by atoms with Crippen LogP contribution < -0.4 is 15.1 Å². The first-order valence-corrected chi connectivity index (χ1v) is 8.98. The highest BCUT2D eigenvalue weighted by Crippen LogP contribution is 2.22. The zero-order valence-electron chi connectivity index (χ0n) is 14.0. The van der Waals surface area contributed by atoms with E-state index in [1.807, 2.05) is 42.5 Å². The van der Waals surface area contributed by atoms with Crippen molar-refractivity contribution in [2.24, 2.45) is 5.10 Å². The van der Waals surface area contributed by atoms with E-state index in [1.54, 1.807) is 13.3 Å². The first kappa shape index (κ1) is 17.5. The Balaban J connectivity index is 1.63. The molecule has 1 N–H and O–H groups in total. The molecule has 130 valence electrons. The van der Waals surface area contributed by atoms with E-state index in [-0.39, 0.29) is 5.91 Å². The Morgan fingerprint density at radius 2 is 1.92 bits per heavy atom. The molecule has 25 heavy (non-hydrogen) atoms. The molecule has 0 atom stereocenters. The summed E-state index contributed by atoms with van der Waals surface area (Å²) >= 11 is 3.41. The van der Waals surface area contributed by atoms with Crippen LogP contribution in [0.25, 0.3) is 0 Å². The normalized spacial score (nSPS) is 14.1. The fourth-order valence-corrected chi connectivity index (χ4v) is 3.21. The van der Waals surface area contributed by atoms with Crippen molar-refractivity contribution in [1.29, 1.82) is 0 Å². The average Bonchev–Trinajstić information content (AvgIpc) is 3.17. The Morgan fingerprint density at radius 1 is 1.20 bits per heavy atom. The number of carbonyl (C=O) groups excluding carboxylic acids is 1. The Bertz CT molecular complexity index is 769. The predicted molar refractivity (Wildman–Crippen MR) is 104 cm³/mol. The van der Waals surface area contributed by atoms with Crippen molar-refractivity contribution in [3.05, 3.63) is 58.1 Å². The Labute approximate surface area is 155 Å². The number of nitrogens with zero attached hydrogens (tertiary/aromatic N) is 2. The lowest BCUT2D eigenvalue weighted by molar-refractivity contribution is 0.0955. The van der Waals surface area contributed by atoms with Crippen LogP contribution in [0.15, 0.2) is 52.0 Å². The highest BCUT2D eigenvalue weighted by atomic mass is 79.9. The fraction of sp³-hybridized carbons (Fsp3) is 0.263. The Morgan fingerprint density at radius 3 is 2.60 bits per heavy atom. The maximum Gasteiger partial charge on any atom is 0.271 e. The predicted octanol–water partition coefficient (Wildman–Crippen LogP) is 3.82. The van der Waals surface area contributed by atoms with E-state index in [2.05, 4.69) is 31.4 Å². The van der Waals surface area contributed by atoms with Gasteiger partial charge in [0, 0.05) is 34.4 Å². The van der Waals surface area contributed by atoms with E-state index in [0.29, 0.717) is 11.3 Å². The molecule has 1 saturated heterocycles. The Kier molecular flexibility index (Phi) is 5.71. The molecular weight excluding hydrogens is 382 g/mol. The molecule has 3 rings (SSSR count). The van der Waals surface area contributed by atoms with Crippen molar-refractivity contribution in [3.8, 4) is 5.75 Å². The van der Waals surface area contributed by atoms with Gasteiger partial charge in [-0.25, -0.2) is 5.43 Å². The third kappa shape index (κ3) is 4.39. The monoisotopic (exact) mass is 401 g/mol. The van der Waals surface area contributed by atoms with Crippen LogP contribution in [-0.4, -0.2) is 32.3 Å². The van der Waals surface area contributed by atoms with E-state index < -0.39 is 0 Å². The molecule has 0 radical (unpaired) electrons. The molecule has 0 saturated carbocycles. The number of hydrogen-bond acceptors (Lipinski definition) is 4. The van der Waals surface area contributed by atoms with Crippen molar-refractivity contribution in [1.82, 2.24) is 5.43 Å². The van der Waals surface area contributed by atoms with Crippen molar-refractivity contribution in [2.75, 3.05) is 25.1 Å². The van der Waals surface area contributed by atoms with Crippen LogP contribution in [0, 0.1) is 0 Å². The van der Waals surface area contributed by atoms with E-state index >= 15 is 0 Å². The SMILES string of the molecule is COc1ccc(Br)cc1/C=N\NC(=O)c1ccc(N2CCCC2)cc1. The standard InChI is InChI=1S/C19H20BrN3O2/c1-25-18-9-6-16(20)12-15(18)13-21-22-19(24)14-4-7-17(8-5-14)23-10-2-3-11-23/h4-9,12-13H,2-3,10-11H2,1H3,(H,22,24)/b21-13-. The number of carbonyl (C=O) groups is 1. The third-order valence-electron chi connectivity index (χ3n) is 4.16. The van der Waals surface area contributed by atoms with Gasteiger partial charge in [-0.05, 0) is 55.3 Å². The van der Waals surface area contributed by atoms with Gasteiger partial charge in [-0.1, -0.05) is 15.9 Å². The van der Waals surface area contributed by atoms with Gasteiger partial charge in [0.1, 0.15) is 5.75 Å². The second-order valence-corrected chi connectivity index (χ2v) is 6.74. The molecule has 6 heteroatoms. The summed E-state index contributed by atoms with van der Waals surface area (Å²) in [6.45, 7) is 2.18. The summed E-state index contributed by atoms with van der Waals surface area (Å²) < 4.78 is 6.19. The number of amides is 1. The third-order valence-corrected chi connectivity index (χ3v) is 4.66. The number of anilines is 1. The lowest BCUT2D eigenvalue weighted by atomic mass is 10.2. The molecule has 2 aromatic carbocycles. The van der Waals surface area contributed by atoms with Crippen LogP contribution in [0.3, 0.4) is 0 Å². The molecule has 0 bridgehead atoms. The summed E-state index contributed by atoms with van der Waals surface area (Å²) in [5.74, 6) is 0.453. The van der Waals surface area contributed by atoms with Crippen LogP contribution in [-0.2, 0) is 0 Å². The molecule has 2 aromatic rings. The summed E-state index contributed by atoms with van der Waals surface area (Å²) in [6, 6.07) is 13.2. The number of rotatable bonds is 5. The first-order valence-electron chi connectivity index (χ1n) is 8.19.